The first-order valence-corrected chi connectivity index (χ1v) is 13.8. The second-order valence-corrected chi connectivity index (χ2v) is 10.5. The van der Waals surface area contributed by atoms with E-state index in [4.69, 9.17) is 9.47 Å². The van der Waals surface area contributed by atoms with Gasteiger partial charge in [-0.05, 0) is 92.7 Å². The number of carbonyl (C=O) groups is 2. The minimum absolute atomic E-state index is 0.0385. The maximum atomic E-state index is 13.0. The fourth-order valence-corrected chi connectivity index (χ4v) is 5.86. The molecule has 0 atom stereocenters. The van der Waals surface area contributed by atoms with Gasteiger partial charge in [-0.15, -0.1) is 0 Å². The smallest absolute Gasteiger partial charge is 0.335 e. The number of aromatic carboxylic acids is 1. The molecule has 0 unspecified atom stereocenters. The van der Waals surface area contributed by atoms with Crippen LogP contribution in [0, 0.1) is 5.41 Å². The molecule has 2 saturated heterocycles. The Morgan fingerprint density at radius 2 is 1.54 bits per heavy atom. The molecule has 2 fully saturated rings. The number of carboxylic acid groups (broad SMARTS) is 1. The van der Waals surface area contributed by atoms with Crippen molar-refractivity contribution >= 4 is 17.6 Å². The number of benzene rings is 3. The Labute approximate surface area is 230 Å². The lowest BCUT2D eigenvalue weighted by Crippen LogP contribution is -2.41. The number of ether oxygens (including phenoxy) is 2. The molecule has 3 aromatic rings. The molecular weight excluding hydrogens is 492 g/mol. The van der Waals surface area contributed by atoms with Crippen molar-refractivity contribution in [1.82, 2.24) is 4.90 Å². The lowest BCUT2D eigenvalue weighted by atomic mass is 9.77. The van der Waals surface area contributed by atoms with E-state index in [9.17, 15) is 14.7 Å². The van der Waals surface area contributed by atoms with E-state index in [0.29, 0.717) is 26.2 Å². The number of hydrogen-bond acceptors (Lipinski definition) is 5. The van der Waals surface area contributed by atoms with Gasteiger partial charge in [0.2, 0.25) is 5.91 Å². The average Bonchev–Trinajstić information content (AvgIpc) is 3.26. The van der Waals surface area contributed by atoms with Crippen molar-refractivity contribution in [3.05, 3.63) is 77.9 Å². The van der Waals surface area contributed by atoms with Crippen LogP contribution >= 0.6 is 0 Å². The van der Waals surface area contributed by atoms with Gasteiger partial charge in [-0.2, -0.15) is 0 Å². The first kappa shape index (κ1) is 26.8. The SMILES string of the molecule is CCOc1cc(CN2CCC3(CC2)CC(=O)N(c2ccc(C(=O)O)cc2)C3)cc(OCC)c1-c1ccccc1. The fourth-order valence-electron chi connectivity index (χ4n) is 5.86. The second kappa shape index (κ2) is 11.5. The van der Waals surface area contributed by atoms with Gasteiger partial charge < -0.3 is 19.5 Å². The molecule has 0 aliphatic carbocycles. The summed E-state index contributed by atoms with van der Waals surface area (Å²) in [5, 5.41) is 9.17. The monoisotopic (exact) mass is 528 g/mol. The predicted molar refractivity (Wildman–Crippen MR) is 152 cm³/mol. The number of amides is 1. The number of rotatable bonds is 9. The van der Waals surface area contributed by atoms with E-state index in [0.717, 1.165) is 66.4 Å². The quantitative estimate of drug-likeness (QED) is 0.374. The molecule has 2 heterocycles. The Kier molecular flexibility index (Phi) is 7.89. The highest BCUT2D eigenvalue weighted by Crippen LogP contribution is 2.44. The van der Waals surface area contributed by atoms with E-state index in [2.05, 4.69) is 29.2 Å². The summed E-state index contributed by atoms with van der Waals surface area (Å²) in [4.78, 5) is 28.4. The molecule has 0 saturated carbocycles. The van der Waals surface area contributed by atoms with Gasteiger partial charge in [0, 0.05) is 25.2 Å². The maximum Gasteiger partial charge on any atom is 0.335 e. The molecule has 1 N–H and O–H groups in total. The number of piperidine rings is 1. The molecule has 7 nitrogen and oxygen atoms in total. The Bertz CT molecular complexity index is 1290. The van der Waals surface area contributed by atoms with E-state index < -0.39 is 5.97 Å². The zero-order valence-electron chi connectivity index (χ0n) is 22.7. The summed E-state index contributed by atoms with van der Waals surface area (Å²) in [5.74, 6) is 0.827. The number of anilines is 1. The Hall–Kier alpha value is -3.84. The molecule has 0 bridgehead atoms. The third kappa shape index (κ3) is 5.78. The summed E-state index contributed by atoms with van der Waals surface area (Å²) in [5.41, 5.74) is 4.18. The molecule has 5 rings (SSSR count). The van der Waals surface area contributed by atoms with E-state index in [1.165, 1.54) is 0 Å². The molecule has 0 radical (unpaired) electrons. The van der Waals surface area contributed by atoms with Gasteiger partial charge in [-0.3, -0.25) is 9.69 Å². The highest BCUT2D eigenvalue weighted by Gasteiger charge is 2.45. The van der Waals surface area contributed by atoms with Crippen LogP contribution in [-0.2, 0) is 11.3 Å². The molecule has 204 valence electrons. The summed E-state index contributed by atoms with van der Waals surface area (Å²) < 4.78 is 12.2. The standard InChI is InChI=1S/C32H36N2O5/c1-3-38-27-18-23(19-28(39-4-2)30(27)24-8-6-5-7-9-24)21-33-16-14-32(15-17-33)20-29(35)34(22-32)26-12-10-25(11-13-26)31(36)37/h5-13,18-19H,3-4,14-17,20-22H2,1-2H3,(H,36,37). The van der Waals surface area contributed by atoms with E-state index >= 15 is 0 Å². The molecule has 2 aliphatic rings. The second-order valence-electron chi connectivity index (χ2n) is 10.5. The normalized spacial score (nSPS) is 17.0. The van der Waals surface area contributed by atoms with Crippen molar-refractivity contribution in [3.63, 3.8) is 0 Å². The topological polar surface area (TPSA) is 79.3 Å². The predicted octanol–water partition coefficient (Wildman–Crippen LogP) is 5.87. The zero-order valence-corrected chi connectivity index (χ0v) is 22.7. The molecule has 1 spiro atoms. The summed E-state index contributed by atoms with van der Waals surface area (Å²) in [6, 6.07) is 21.1. The largest absolute Gasteiger partial charge is 0.493 e. The number of carbonyl (C=O) groups excluding carboxylic acids is 1. The van der Waals surface area contributed by atoms with Crippen molar-refractivity contribution in [2.45, 2.75) is 39.7 Å². The first-order valence-electron chi connectivity index (χ1n) is 13.8. The van der Waals surface area contributed by atoms with E-state index in [1.807, 2.05) is 36.9 Å². The number of likely N-dealkylation sites (tertiary alicyclic amines) is 1. The van der Waals surface area contributed by atoms with Crippen LogP contribution in [0.25, 0.3) is 11.1 Å². The Balaban J connectivity index is 1.29. The first-order chi connectivity index (χ1) is 18.9. The van der Waals surface area contributed by atoms with Crippen molar-refractivity contribution < 1.29 is 24.2 Å². The lowest BCUT2D eigenvalue weighted by molar-refractivity contribution is -0.118. The highest BCUT2D eigenvalue weighted by atomic mass is 16.5. The molecule has 0 aromatic heterocycles. The van der Waals surface area contributed by atoms with Crippen molar-refractivity contribution in [2.24, 2.45) is 5.41 Å². The van der Waals surface area contributed by atoms with Crippen LogP contribution in [0.1, 0.15) is 49.0 Å². The van der Waals surface area contributed by atoms with Crippen molar-refractivity contribution in [1.29, 1.82) is 0 Å². The van der Waals surface area contributed by atoms with Crippen LogP contribution in [0.5, 0.6) is 11.5 Å². The minimum atomic E-state index is -0.963. The minimum Gasteiger partial charge on any atom is -0.493 e. The zero-order chi connectivity index (χ0) is 27.4. The summed E-state index contributed by atoms with van der Waals surface area (Å²) in [6.45, 7) is 8.44. The molecule has 7 heteroatoms. The van der Waals surface area contributed by atoms with Gasteiger partial charge in [0.25, 0.3) is 0 Å². The van der Waals surface area contributed by atoms with Gasteiger partial charge in [0.15, 0.2) is 0 Å². The van der Waals surface area contributed by atoms with Gasteiger partial charge in [0.1, 0.15) is 11.5 Å². The fraction of sp³-hybridized carbons (Fsp3) is 0.375. The third-order valence-corrected chi connectivity index (χ3v) is 7.86. The average molecular weight is 529 g/mol. The van der Waals surface area contributed by atoms with Crippen molar-refractivity contribution in [3.8, 4) is 22.6 Å². The molecule has 2 aliphatic heterocycles. The molecule has 3 aromatic carbocycles. The highest BCUT2D eigenvalue weighted by molar-refractivity contribution is 5.97. The van der Waals surface area contributed by atoms with E-state index in [-0.39, 0.29) is 16.9 Å². The lowest BCUT2D eigenvalue weighted by Gasteiger charge is -2.39. The van der Waals surface area contributed by atoms with Gasteiger partial charge in [0.05, 0.1) is 24.3 Å². The molecule has 1 amide bonds. The maximum absolute atomic E-state index is 13.0. The van der Waals surface area contributed by atoms with E-state index in [1.54, 1.807) is 24.3 Å². The third-order valence-electron chi connectivity index (χ3n) is 7.86. The summed E-state index contributed by atoms with van der Waals surface area (Å²) >= 11 is 0. The number of hydrogen-bond donors (Lipinski definition) is 1. The van der Waals surface area contributed by atoms with Crippen LogP contribution in [0.4, 0.5) is 5.69 Å². The van der Waals surface area contributed by atoms with Crippen LogP contribution in [0.2, 0.25) is 0 Å². The van der Waals surface area contributed by atoms with Crippen LogP contribution in [0.3, 0.4) is 0 Å². The van der Waals surface area contributed by atoms with Crippen molar-refractivity contribution in [2.75, 3.05) is 37.7 Å². The van der Waals surface area contributed by atoms with Crippen LogP contribution in [0.15, 0.2) is 66.7 Å². The van der Waals surface area contributed by atoms with Gasteiger partial charge in [-0.25, -0.2) is 4.79 Å². The number of nitrogens with zero attached hydrogens (tertiary/aromatic N) is 2. The number of carboxylic acids is 1. The Morgan fingerprint density at radius 1 is 0.923 bits per heavy atom. The molecule has 39 heavy (non-hydrogen) atoms. The molecular formula is C32H36N2O5. The Morgan fingerprint density at radius 3 is 2.10 bits per heavy atom. The summed E-state index contributed by atoms with van der Waals surface area (Å²) in [7, 11) is 0. The van der Waals surface area contributed by atoms with Gasteiger partial charge in [-0.1, -0.05) is 30.3 Å². The summed E-state index contributed by atoms with van der Waals surface area (Å²) in [6.07, 6.45) is 2.43. The van der Waals surface area contributed by atoms with Gasteiger partial charge >= 0.3 is 5.97 Å². The van der Waals surface area contributed by atoms with Crippen LogP contribution in [-0.4, -0.2) is 54.7 Å². The van der Waals surface area contributed by atoms with Crippen LogP contribution < -0.4 is 14.4 Å².